The van der Waals surface area contributed by atoms with E-state index in [0.717, 1.165) is 23.3 Å². The van der Waals surface area contributed by atoms with Crippen molar-refractivity contribution in [3.8, 4) is 34.4 Å². The summed E-state index contributed by atoms with van der Waals surface area (Å²) in [5.41, 5.74) is 9.69. The molecule has 0 saturated heterocycles. The van der Waals surface area contributed by atoms with Crippen LogP contribution in [0, 0.1) is 5.82 Å². The molecule has 1 aliphatic rings. The van der Waals surface area contributed by atoms with Crippen LogP contribution in [-0.4, -0.2) is 51.7 Å². The number of nitrogens with one attached hydrogen (secondary N) is 1. The van der Waals surface area contributed by atoms with Crippen LogP contribution in [-0.2, 0) is 6.42 Å². The number of pyridine rings is 2. The fourth-order valence-corrected chi connectivity index (χ4v) is 5.56. The Morgan fingerprint density at radius 2 is 1.93 bits per heavy atom. The lowest BCUT2D eigenvalue weighted by atomic mass is 10.1. The number of fused-ring (bicyclic) bond motifs is 2. The molecule has 0 aliphatic heterocycles. The number of nitrogens with two attached hydrogens (primary N) is 1. The molecule has 0 fully saturated rings. The largest absolute Gasteiger partial charge is 0.507 e. The fourth-order valence-electron chi connectivity index (χ4n) is 5.56. The summed E-state index contributed by atoms with van der Waals surface area (Å²) in [5, 5.41) is 27.5. The predicted molar refractivity (Wildman–Crippen MR) is 157 cm³/mol. The minimum absolute atomic E-state index is 0.102. The summed E-state index contributed by atoms with van der Waals surface area (Å²) < 4.78 is 17.8. The Kier molecular flexibility index (Phi) is 6.27. The van der Waals surface area contributed by atoms with Gasteiger partial charge in [0, 0.05) is 36.4 Å². The highest BCUT2D eigenvalue weighted by molar-refractivity contribution is 5.97. The van der Waals surface area contributed by atoms with Gasteiger partial charge in [-0.05, 0) is 60.4 Å². The molecule has 0 saturated carbocycles. The average molecular weight is 591 g/mol. The van der Waals surface area contributed by atoms with Crippen LogP contribution in [0.5, 0.6) is 11.5 Å². The second kappa shape index (κ2) is 10.3. The SMILES string of the molecule is Nc1ncccc1-c1nc2cc(O)c(-n3cccn3)nc2n1-c1ccc2c(c1)CCC2NC(=O)c1cc(C=O)c(O)cc1F. The lowest BCUT2D eigenvalue weighted by Gasteiger charge is -2.16. The Hall–Kier alpha value is -6.11. The zero-order chi connectivity index (χ0) is 30.5. The number of amides is 1. The molecule has 6 aromatic rings. The van der Waals surface area contributed by atoms with E-state index in [4.69, 9.17) is 15.7 Å². The predicted octanol–water partition coefficient (Wildman–Crippen LogP) is 4.03. The molecule has 12 nitrogen and oxygen atoms in total. The molecular weight excluding hydrogens is 567 g/mol. The first-order valence-electron chi connectivity index (χ1n) is 13.6. The smallest absolute Gasteiger partial charge is 0.254 e. The van der Waals surface area contributed by atoms with Gasteiger partial charge in [0.05, 0.1) is 22.7 Å². The number of imidazole rings is 1. The standard InChI is InChI=1S/C31H23FN8O4/c32-22-13-25(42)17(15-41)12-21(22)31(44)37-23-7-4-16-11-18(5-6-19(16)23)40-28(20-3-1-8-34-27(20)33)36-24-14-26(43)30(38-29(24)40)39-10-2-9-35-39/h1-3,5-6,8-15,23,42-43H,4,7H2,(H2,33,34)(H,37,44). The van der Waals surface area contributed by atoms with Crippen LogP contribution >= 0.6 is 0 Å². The zero-order valence-electron chi connectivity index (χ0n) is 22.8. The number of aryl methyl sites for hydroxylation is 1. The highest BCUT2D eigenvalue weighted by Gasteiger charge is 2.28. The van der Waals surface area contributed by atoms with E-state index in [1.807, 2.05) is 22.8 Å². The first-order valence-corrected chi connectivity index (χ1v) is 13.6. The van der Waals surface area contributed by atoms with E-state index in [0.29, 0.717) is 47.4 Å². The molecule has 0 spiro atoms. The normalized spacial score (nSPS) is 14.1. The topological polar surface area (TPSA) is 174 Å². The molecular formula is C31H23FN8O4. The minimum atomic E-state index is -0.929. The van der Waals surface area contributed by atoms with E-state index in [1.165, 1.54) is 10.7 Å². The molecule has 4 heterocycles. The summed E-state index contributed by atoms with van der Waals surface area (Å²) >= 11 is 0. The number of nitrogens with zero attached hydrogens (tertiary/aromatic N) is 6. The Bertz CT molecular complexity index is 2110. The van der Waals surface area contributed by atoms with Gasteiger partial charge in [-0.25, -0.2) is 24.0 Å². The number of halogens is 1. The number of phenols is 1. The first-order chi connectivity index (χ1) is 21.3. The number of aldehydes is 1. The van der Waals surface area contributed by atoms with Gasteiger partial charge in [0.1, 0.15) is 22.9 Å². The van der Waals surface area contributed by atoms with Crippen molar-refractivity contribution >= 4 is 29.2 Å². The van der Waals surface area contributed by atoms with E-state index < -0.39 is 23.5 Å². The van der Waals surface area contributed by atoms with Gasteiger partial charge in [0.15, 0.2) is 29.3 Å². The summed E-state index contributed by atoms with van der Waals surface area (Å²) in [6, 6.07) is 13.9. The van der Waals surface area contributed by atoms with Crippen LogP contribution in [0.3, 0.4) is 0 Å². The number of phenolic OH excluding ortho intramolecular Hbond substituents is 1. The van der Waals surface area contributed by atoms with Crippen LogP contribution in [0.15, 0.2) is 73.2 Å². The third-order valence-electron chi connectivity index (χ3n) is 7.65. The Morgan fingerprint density at radius 3 is 2.70 bits per heavy atom. The Morgan fingerprint density at radius 1 is 1.07 bits per heavy atom. The van der Waals surface area contributed by atoms with Gasteiger partial charge in [-0.15, -0.1) is 0 Å². The average Bonchev–Trinajstić information content (AvgIpc) is 3.76. The molecule has 218 valence electrons. The summed E-state index contributed by atoms with van der Waals surface area (Å²) in [5.74, 6) is -1.31. The maximum atomic E-state index is 14.5. The number of carbonyl (C=O) groups excluding carboxylic acids is 2. The first kappa shape index (κ1) is 26.8. The fraction of sp³-hybridized carbons (Fsp3) is 0.0968. The van der Waals surface area contributed by atoms with Crippen molar-refractivity contribution in [3.05, 3.63) is 101 Å². The molecule has 0 radical (unpaired) electrons. The van der Waals surface area contributed by atoms with Crippen molar-refractivity contribution in [2.45, 2.75) is 18.9 Å². The molecule has 4 aromatic heterocycles. The molecule has 1 unspecified atom stereocenters. The van der Waals surface area contributed by atoms with Crippen LogP contribution in [0.1, 0.15) is 44.3 Å². The van der Waals surface area contributed by atoms with Gasteiger partial charge in [0.25, 0.3) is 5.91 Å². The van der Waals surface area contributed by atoms with Crippen LogP contribution in [0.2, 0.25) is 0 Å². The minimum Gasteiger partial charge on any atom is -0.507 e. The molecule has 0 bridgehead atoms. The highest BCUT2D eigenvalue weighted by Crippen LogP contribution is 2.37. The van der Waals surface area contributed by atoms with Gasteiger partial charge >= 0.3 is 0 Å². The quantitative estimate of drug-likeness (QED) is 0.209. The van der Waals surface area contributed by atoms with E-state index in [2.05, 4.69) is 15.4 Å². The van der Waals surface area contributed by atoms with Crippen LogP contribution in [0.4, 0.5) is 10.2 Å². The number of carbonyl (C=O) groups is 2. The molecule has 7 rings (SSSR count). The number of hydrogen-bond acceptors (Lipinski definition) is 9. The zero-order valence-corrected chi connectivity index (χ0v) is 22.8. The number of rotatable bonds is 6. The summed E-state index contributed by atoms with van der Waals surface area (Å²) in [6.07, 6.45) is 6.38. The van der Waals surface area contributed by atoms with Crippen LogP contribution < -0.4 is 11.1 Å². The van der Waals surface area contributed by atoms with Crippen molar-refractivity contribution in [2.75, 3.05) is 5.73 Å². The Balaban J connectivity index is 1.30. The maximum absolute atomic E-state index is 14.5. The number of hydrogen-bond donors (Lipinski definition) is 4. The van der Waals surface area contributed by atoms with Crippen molar-refractivity contribution in [1.29, 1.82) is 0 Å². The second-order valence-corrected chi connectivity index (χ2v) is 10.3. The molecule has 2 aromatic carbocycles. The number of nitrogen functional groups attached to an aromatic ring is 1. The summed E-state index contributed by atoms with van der Waals surface area (Å²) in [4.78, 5) is 37.9. The summed E-state index contributed by atoms with van der Waals surface area (Å²) in [7, 11) is 0. The Labute approximate surface area is 248 Å². The lowest BCUT2D eigenvalue weighted by Crippen LogP contribution is -2.28. The van der Waals surface area contributed by atoms with Crippen molar-refractivity contribution in [3.63, 3.8) is 0 Å². The number of aromatic hydroxyl groups is 2. The second-order valence-electron chi connectivity index (χ2n) is 10.3. The van der Waals surface area contributed by atoms with Crippen molar-refractivity contribution < 1.29 is 24.2 Å². The summed E-state index contributed by atoms with van der Waals surface area (Å²) in [6.45, 7) is 0. The molecule has 1 amide bonds. The van der Waals surface area contributed by atoms with E-state index in [-0.39, 0.29) is 28.5 Å². The highest BCUT2D eigenvalue weighted by atomic mass is 19.1. The molecule has 13 heteroatoms. The monoisotopic (exact) mass is 590 g/mol. The maximum Gasteiger partial charge on any atom is 0.254 e. The van der Waals surface area contributed by atoms with E-state index >= 15 is 0 Å². The van der Waals surface area contributed by atoms with Gasteiger partial charge in [-0.2, -0.15) is 5.10 Å². The third-order valence-corrected chi connectivity index (χ3v) is 7.65. The van der Waals surface area contributed by atoms with E-state index in [1.54, 1.807) is 36.8 Å². The number of aromatic nitrogens is 6. The van der Waals surface area contributed by atoms with Gasteiger partial charge in [-0.3, -0.25) is 14.2 Å². The number of benzene rings is 2. The van der Waals surface area contributed by atoms with Crippen molar-refractivity contribution in [1.82, 2.24) is 34.6 Å². The molecule has 1 aliphatic carbocycles. The lowest BCUT2D eigenvalue weighted by molar-refractivity contribution is 0.0932. The van der Waals surface area contributed by atoms with E-state index in [9.17, 15) is 24.2 Å². The van der Waals surface area contributed by atoms with Gasteiger partial charge < -0.3 is 21.3 Å². The van der Waals surface area contributed by atoms with Gasteiger partial charge in [-0.1, -0.05) is 6.07 Å². The molecule has 1 atom stereocenters. The molecule has 5 N–H and O–H groups in total. The van der Waals surface area contributed by atoms with Crippen LogP contribution in [0.25, 0.3) is 34.1 Å². The number of anilines is 1. The third kappa shape index (κ3) is 4.38. The van der Waals surface area contributed by atoms with Gasteiger partial charge in [0.2, 0.25) is 0 Å². The van der Waals surface area contributed by atoms with Crippen molar-refractivity contribution in [2.24, 2.45) is 0 Å². The molecule has 44 heavy (non-hydrogen) atoms.